The van der Waals surface area contributed by atoms with Crippen molar-refractivity contribution in [1.29, 1.82) is 0 Å². The summed E-state index contributed by atoms with van der Waals surface area (Å²) in [5, 5.41) is 2.12. The first-order valence-electron chi connectivity index (χ1n) is 8.61. The van der Waals surface area contributed by atoms with Crippen LogP contribution < -0.4 is 4.74 Å². The SMILES string of the molecule is C1=CSSC1.CCCCCS(=O)(=O)c1ccc(Oc2ccccc2)cc1. The van der Waals surface area contributed by atoms with E-state index in [0.29, 0.717) is 17.1 Å². The second-order valence-corrected chi connectivity index (χ2v) is 10.1. The van der Waals surface area contributed by atoms with Gasteiger partial charge in [0.15, 0.2) is 9.84 Å². The fourth-order valence-corrected chi connectivity index (χ4v) is 5.14. The molecule has 1 heterocycles. The number of ether oxygens (including phenoxy) is 1. The maximum absolute atomic E-state index is 12.1. The van der Waals surface area contributed by atoms with Crippen LogP contribution in [0, 0.1) is 0 Å². The molecule has 26 heavy (non-hydrogen) atoms. The summed E-state index contributed by atoms with van der Waals surface area (Å²) < 4.78 is 29.9. The highest BCUT2D eigenvalue weighted by molar-refractivity contribution is 8.78. The molecular weight excluding hydrogens is 384 g/mol. The van der Waals surface area contributed by atoms with Crippen molar-refractivity contribution in [3.63, 3.8) is 0 Å². The average Bonchev–Trinajstić information content (AvgIpc) is 3.23. The number of hydrogen-bond acceptors (Lipinski definition) is 5. The average molecular weight is 409 g/mol. The molecule has 0 atom stereocenters. The van der Waals surface area contributed by atoms with Crippen LogP contribution in [0.4, 0.5) is 0 Å². The summed E-state index contributed by atoms with van der Waals surface area (Å²) in [6.07, 6.45) is 4.82. The smallest absolute Gasteiger partial charge is 0.178 e. The minimum Gasteiger partial charge on any atom is -0.457 e. The molecule has 6 heteroatoms. The van der Waals surface area contributed by atoms with Crippen LogP contribution in [0.15, 0.2) is 71.0 Å². The zero-order valence-corrected chi connectivity index (χ0v) is 17.3. The lowest BCUT2D eigenvalue weighted by Crippen LogP contribution is -2.06. The molecule has 2 aromatic rings. The van der Waals surface area contributed by atoms with E-state index in [9.17, 15) is 8.42 Å². The highest BCUT2D eigenvalue weighted by atomic mass is 33.1. The Morgan fingerprint density at radius 2 is 1.65 bits per heavy atom. The molecular formula is C20H24O3S3. The van der Waals surface area contributed by atoms with Crippen LogP contribution in [-0.2, 0) is 9.84 Å². The van der Waals surface area contributed by atoms with Crippen molar-refractivity contribution < 1.29 is 13.2 Å². The number of sulfone groups is 1. The van der Waals surface area contributed by atoms with Crippen molar-refractivity contribution >= 4 is 31.4 Å². The first kappa shape index (κ1) is 20.9. The summed E-state index contributed by atoms with van der Waals surface area (Å²) in [4.78, 5) is 0.360. The van der Waals surface area contributed by atoms with E-state index in [-0.39, 0.29) is 5.75 Å². The molecule has 0 aliphatic carbocycles. The summed E-state index contributed by atoms with van der Waals surface area (Å²) >= 11 is 0. The Hall–Kier alpha value is -1.37. The van der Waals surface area contributed by atoms with Crippen LogP contribution in [0.2, 0.25) is 0 Å². The largest absolute Gasteiger partial charge is 0.457 e. The summed E-state index contributed by atoms with van der Waals surface area (Å²) in [7, 11) is 0.512. The Balaban J connectivity index is 0.000000417. The van der Waals surface area contributed by atoms with Gasteiger partial charge in [0.2, 0.25) is 0 Å². The van der Waals surface area contributed by atoms with Gasteiger partial charge in [-0.25, -0.2) is 8.42 Å². The fourth-order valence-electron chi connectivity index (χ4n) is 2.20. The van der Waals surface area contributed by atoms with Crippen molar-refractivity contribution in [2.24, 2.45) is 0 Å². The molecule has 0 aromatic heterocycles. The molecule has 1 aliphatic rings. The number of unbranched alkanes of at least 4 members (excludes halogenated alkanes) is 2. The van der Waals surface area contributed by atoms with Crippen molar-refractivity contribution in [2.45, 2.75) is 31.1 Å². The maximum Gasteiger partial charge on any atom is 0.178 e. The van der Waals surface area contributed by atoms with Gasteiger partial charge in [-0.1, -0.05) is 65.6 Å². The first-order chi connectivity index (χ1) is 12.6. The van der Waals surface area contributed by atoms with E-state index in [1.54, 1.807) is 24.3 Å². The van der Waals surface area contributed by atoms with Crippen molar-refractivity contribution in [1.82, 2.24) is 0 Å². The summed E-state index contributed by atoms with van der Waals surface area (Å²) in [6.45, 7) is 2.06. The molecule has 0 amide bonds. The molecule has 0 spiro atoms. The highest BCUT2D eigenvalue weighted by Crippen LogP contribution is 2.27. The molecule has 0 N–H and O–H groups in total. The number of rotatable bonds is 7. The lowest BCUT2D eigenvalue weighted by atomic mass is 10.3. The zero-order valence-electron chi connectivity index (χ0n) is 14.8. The molecule has 0 saturated heterocycles. The Bertz CT molecular complexity index is 764. The number of hydrogen-bond donors (Lipinski definition) is 0. The lowest BCUT2D eigenvalue weighted by Gasteiger charge is -2.07. The Morgan fingerprint density at radius 1 is 0.962 bits per heavy atom. The second-order valence-electron chi connectivity index (χ2n) is 5.67. The van der Waals surface area contributed by atoms with Gasteiger partial charge in [-0.2, -0.15) is 0 Å². The monoisotopic (exact) mass is 408 g/mol. The molecule has 0 fully saturated rings. The van der Waals surface area contributed by atoms with Gasteiger partial charge in [0.1, 0.15) is 11.5 Å². The van der Waals surface area contributed by atoms with Crippen molar-refractivity contribution in [3.8, 4) is 11.5 Å². The lowest BCUT2D eigenvalue weighted by molar-refractivity contribution is 0.482. The van der Waals surface area contributed by atoms with Crippen LogP contribution in [-0.4, -0.2) is 19.9 Å². The Labute approximate surface area is 164 Å². The molecule has 0 saturated carbocycles. The van der Waals surface area contributed by atoms with E-state index in [2.05, 4.69) is 18.4 Å². The third kappa shape index (κ3) is 7.48. The van der Waals surface area contributed by atoms with Crippen LogP contribution in [0.3, 0.4) is 0 Å². The minimum absolute atomic E-state index is 0.208. The minimum atomic E-state index is -3.18. The van der Waals surface area contributed by atoms with Crippen LogP contribution in [0.25, 0.3) is 0 Å². The van der Waals surface area contributed by atoms with Gasteiger partial charge in [-0.3, -0.25) is 0 Å². The van der Waals surface area contributed by atoms with Gasteiger partial charge in [0, 0.05) is 5.75 Å². The van der Waals surface area contributed by atoms with Crippen LogP contribution in [0.1, 0.15) is 26.2 Å². The summed E-state index contributed by atoms with van der Waals surface area (Å²) in [5.41, 5.74) is 0. The van der Waals surface area contributed by atoms with Gasteiger partial charge in [0.25, 0.3) is 0 Å². The predicted octanol–water partition coefficient (Wildman–Crippen LogP) is 6.34. The molecule has 3 nitrogen and oxygen atoms in total. The number of para-hydroxylation sites is 1. The Kier molecular flexibility index (Phi) is 9.15. The normalized spacial score (nSPS) is 13.1. The fraction of sp³-hybridized carbons (Fsp3) is 0.300. The van der Waals surface area contributed by atoms with E-state index in [1.165, 1.54) is 5.75 Å². The summed E-state index contributed by atoms with van der Waals surface area (Å²) in [5.74, 6) is 2.77. The van der Waals surface area contributed by atoms with E-state index < -0.39 is 9.84 Å². The molecule has 140 valence electrons. The van der Waals surface area contributed by atoms with Crippen LogP contribution >= 0.6 is 21.6 Å². The van der Waals surface area contributed by atoms with E-state index in [4.69, 9.17) is 4.74 Å². The van der Waals surface area contributed by atoms with E-state index in [0.717, 1.165) is 18.6 Å². The molecule has 0 unspecified atom stereocenters. The number of benzene rings is 2. The third-order valence-electron chi connectivity index (χ3n) is 3.56. The van der Waals surface area contributed by atoms with E-state index in [1.807, 2.05) is 51.9 Å². The van der Waals surface area contributed by atoms with Crippen molar-refractivity contribution in [2.75, 3.05) is 11.5 Å². The quantitative estimate of drug-likeness (QED) is 0.395. The standard InChI is InChI=1S/C17H20O3S.C3H4S2/c1-2-3-7-14-21(18,19)17-12-10-16(11-13-17)20-15-8-5-4-6-9-15;1-2-4-5-3-1/h4-6,8-13H,2-3,7,14H2,1H3;1-2H,3H2. The van der Waals surface area contributed by atoms with Gasteiger partial charge in [-0.05, 0) is 48.2 Å². The summed E-state index contributed by atoms with van der Waals surface area (Å²) in [6, 6.07) is 16.0. The van der Waals surface area contributed by atoms with Crippen LogP contribution in [0.5, 0.6) is 11.5 Å². The van der Waals surface area contributed by atoms with Gasteiger partial charge in [0.05, 0.1) is 10.6 Å². The molecule has 2 aromatic carbocycles. The van der Waals surface area contributed by atoms with Gasteiger partial charge >= 0.3 is 0 Å². The third-order valence-corrected chi connectivity index (χ3v) is 7.30. The highest BCUT2D eigenvalue weighted by Gasteiger charge is 2.13. The molecule has 3 rings (SSSR count). The van der Waals surface area contributed by atoms with Crippen molar-refractivity contribution in [3.05, 3.63) is 66.1 Å². The topological polar surface area (TPSA) is 43.4 Å². The first-order valence-corrected chi connectivity index (χ1v) is 12.6. The van der Waals surface area contributed by atoms with E-state index >= 15 is 0 Å². The van der Waals surface area contributed by atoms with Gasteiger partial charge in [-0.15, -0.1) is 0 Å². The molecule has 0 radical (unpaired) electrons. The second kappa shape index (κ2) is 11.4. The predicted molar refractivity (Wildman–Crippen MR) is 114 cm³/mol. The molecule has 1 aliphatic heterocycles. The zero-order chi connectivity index (χ0) is 18.7. The maximum atomic E-state index is 12.1. The molecule has 0 bridgehead atoms. The van der Waals surface area contributed by atoms with Gasteiger partial charge < -0.3 is 4.74 Å². The Morgan fingerprint density at radius 3 is 2.19 bits per heavy atom.